The molecule has 0 radical (unpaired) electrons. The number of nitrogens with one attached hydrogen (secondary N) is 1. The third-order valence-corrected chi connectivity index (χ3v) is 4.36. The number of halogens is 1. The minimum atomic E-state index is -0.282. The molecule has 0 aromatic heterocycles. The van der Waals surface area contributed by atoms with Crippen molar-refractivity contribution in [2.75, 3.05) is 25.5 Å². The maximum absolute atomic E-state index is 13.2. The van der Waals surface area contributed by atoms with E-state index in [-0.39, 0.29) is 18.1 Å². The highest BCUT2D eigenvalue weighted by Crippen LogP contribution is 2.24. The minimum Gasteiger partial charge on any atom is -0.377 e. The van der Waals surface area contributed by atoms with E-state index < -0.39 is 0 Å². The topological polar surface area (TPSA) is 44.7 Å². The van der Waals surface area contributed by atoms with Crippen molar-refractivity contribution in [1.29, 1.82) is 0 Å². The van der Waals surface area contributed by atoms with E-state index in [1.165, 1.54) is 12.1 Å². The maximum atomic E-state index is 13.2. The Labute approximate surface area is 154 Å². The molecule has 0 aliphatic carbocycles. The summed E-state index contributed by atoms with van der Waals surface area (Å²) in [6.07, 6.45) is 1.79. The van der Waals surface area contributed by atoms with E-state index in [2.05, 4.69) is 17.2 Å². The third kappa shape index (κ3) is 4.91. The van der Waals surface area contributed by atoms with Crippen molar-refractivity contribution in [1.82, 2.24) is 4.90 Å². The molecule has 0 saturated carbocycles. The van der Waals surface area contributed by atoms with Gasteiger partial charge in [0.2, 0.25) is 0 Å². The molecule has 5 heteroatoms. The number of hydrogen-bond acceptors (Lipinski definition) is 3. The number of carbonyl (C=O) groups excluding carboxylic acids is 1. The number of ketones is 1. The van der Waals surface area contributed by atoms with Gasteiger partial charge in [0.25, 0.3) is 0 Å². The Balaban J connectivity index is 2.13. The smallest absolute Gasteiger partial charge is 0.182 e. The van der Waals surface area contributed by atoms with Gasteiger partial charge in [-0.3, -0.25) is 4.79 Å². The molecular weight excluding hydrogens is 329 g/mol. The van der Waals surface area contributed by atoms with Crippen LogP contribution < -0.4 is 5.32 Å². The van der Waals surface area contributed by atoms with Crippen molar-refractivity contribution in [3.8, 4) is 0 Å². The van der Waals surface area contributed by atoms with E-state index in [0.717, 1.165) is 34.6 Å². The number of aryl methyl sites for hydroxylation is 3. The third-order valence-electron chi connectivity index (χ3n) is 4.36. The first-order chi connectivity index (χ1) is 12.3. The minimum absolute atomic E-state index is 0.00414. The molecule has 2 aromatic carbocycles. The van der Waals surface area contributed by atoms with Crippen LogP contribution in [0.3, 0.4) is 0 Å². The van der Waals surface area contributed by atoms with Crippen molar-refractivity contribution >= 4 is 23.5 Å². The number of Topliss-reactive ketones (excluding diaryl/α,β-unsaturated/α-hetero) is 1. The van der Waals surface area contributed by atoms with Crippen LogP contribution in [0.1, 0.15) is 34.0 Å². The number of anilines is 1. The molecule has 2 aromatic rings. The second-order valence-corrected chi connectivity index (χ2v) is 6.51. The predicted molar refractivity (Wildman–Crippen MR) is 106 cm³/mol. The largest absolute Gasteiger partial charge is 0.377 e. The quantitative estimate of drug-likeness (QED) is 0.446. The molecular formula is C21H26FN3O. The number of aliphatic imine (C=N–C) groups is 1. The lowest BCUT2D eigenvalue weighted by Gasteiger charge is -2.13. The number of benzene rings is 2. The van der Waals surface area contributed by atoms with Crippen LogP contribution in [0.2, 0.25) is 0 Å². The molecule has 0 aliphatic rings. The summed E-state index contributed by atoms with van der Waals surface area (Å²) in [7, 11) is 1.96. The second kappa shape index (κ2) is 8.61. The molecule has 0 unspecified atom stereocenters. The first kappa shape index (κ1) is 19.6. The van der Waals surface area contributed by atoms with Crippen molar-refractivity contribution in [2.45, 2.75) is 27.7 Å². The molecule has 26 heavy (non-hydrogen) atoms. The highest BCUT2D eigenvalue weighted by Gasteiger charge is 2.12. The zero-order valence-electron chi connectivity index (χ0n) is 16.1. The van der Waals surface area contributed by atoms with Gasteiger partial charge < -0.3 is 10.2 Å². The van der Waals surface area contributed by atoms with Crippen molar-refractivity contribution in [3.05, 3.63) is 58.4 Å². The Morgan fingerprint density at radius 3 is 2.54 bits per heavy atom. The lowest BCUT2D eigenvalue weighted by atomic mass is 10.00. The molecule has 0 bridgehead atoms. The zero-order chi connectivity index (χ0) is 19.3. The van der Waals surface area contributed by atoms with E-state index >= 15 is 0 Å². The molecule has 0 heterocycles. The van der Waals surface area contributed by atoms with Crippen molar-refractivity contribution in [2.24, 2.45) is 4.99 Å². The molecule has 2 rings (SSSR count). The monoisotopic (exact) mass is 355 g/mol. The number of rotatable bonds is 7. The summed E-state index contributed by atoms with van der Waals surface area (Å²) in [4.78, 5) is 19.1. The standard InChI is InChI=1S/C21H26FN3O/c1-6-25(5)13-24-20-11-14(2)18(10-16(20)4)21(26)12-23-19-8-7-17(22)9-15(19)3/h7-11,13,23H,6,12H2,1-5H3/b24-13+. The van der Waals surface area contributed by atoms with Gasteiger partial charge in [-0.15, -0.1) is 0 Å². The maximum Gasteiger partial charge on any atom is 0.182 e. The molecule has 138 valence electrons. The van der Waals surface area contributed by atoms with Crippen LogP contribution in [0, 0.1) is 26.6 Å². The molecule has 0 atom stereocenters. The van der Waals surface area contributed by atoms with Crippen LogP contribution in [-0.2, 0) is 0 Å². The summed E-state index contributed by atoms with van der Waals surface area (Å²) < 4.78 is 13.2. The molecule has 1 N–H and O–H groups in total. The van der Waals surface area contributed by atoms with Gasteiger partial charge in [-0.2, -0.15) is 0 Å². The number of hydrogen-bond donors (Lipinski definition) is 1. The van der Waals surface area contributed by atoms with Crippen LogP contribution in [0.25, 0.3) is 0 Å². The summed E-state index contributed by atoms with van der Waals surface area (Å²) >= 11 is 0. The van der Waals surface area contributed by atoms with Crippen LogP contribution in [0.5, 0.6) is 0 Å². The van der Waals surface area contributed by atoms with Crippen LogP contribution in [0.15, 0.2) is 35.3 Å². The molecule has 0 aliphatic heterocycles. The average Bonchev–Trinajstić information content (AvgIpc) is 2.60. The molecule has 0 spiro atoms. The first-order valence-corrected chi connectivity index (χ1v) is 8.70. The lowest BCUT2D eigenvalue weighted by Crippen LogP contribution is -2.16. The van der Waals surface area contributed by atoms with Gasteiger partial charge >= 0.3 is 0 Å². The predicted octanol–water partition coefficient (Wildman–Crippen LogP) is 4.66. The Kier molecular flexibility index (Phi) is 6.50. The van der Waals surface area contributed by atoms with Gasteiger partial charge in [0, 0.05) is 24.8 Å². The molecule has 4 nitrogen and oxygen atoms in total. The Hall–Kier alpha value is -2.69. The Morgan fingerprint density at radius 2 is 1.88 bits per heavy atom. The first-order valence-electron chi connectivity index (χ1n) is 8.70. The van der Waals surface area contributed by atoms with E-state index in [4.69, 9.17) is 0 Å². The fourth-order valence-corrected chi connectivity index (χ4v) is 2.58. The summed E-state index contributed by atoms with van der Waals surface area (Å²) in [6, 6.07) is 8.30. The SMILES string of the molecule is CCN(C)/C=N/c1cc(C)c(C(=O)CNc2ccc(F)cc2C)cc1C. The highest BCUT2D eigenvalue weighted by molar-refractivity contribution is 6.00. The molecule has 0 fully saturated rings. The van der Waals surface area contributed by atoms with Crippen molar-refractivity contribution < 1.29 is 9.18 Å². The zero-order valence-corrected chi connectivity index (χ0v) is 16.1. The summed E-state index contributed by atoms with van der Waals surface area (Å²) in [6.45, 7) is 8.78. The van der Waals surface area contributed by atoms with E-state index in [1.54, 1.807) is 12.4 Å². The van der Waals surface area contributed by atoms with Crippen LogP contribution in [0.4, 0.5) is 15.8 Å². The number of carbonyl (C=O) groups is 1. The second-order valence-electron chi connectivity index (χ2n) is 6.51. The van der Waals surface area contributed by atoms with Gasteiger partial charge in [0.05, 0.1) is 18.6 Å². The summed E-state index contributed by atoms with van der Waals surface area (Å²) in [5.74, 6) is -0.286. The normalized spacial score (nSPS) is 11.0. The summed E-state index contributed by atoms with van der Waals surface area (Å²) in [5.41, 5.74) is 4.93. The van der Waals surface area contributed by atoms with Crippen molar-refractivity contribution in [3.63, 3.8) is 0 Å². The van der Waals surface area contributed by atoms with E-state index in [0.29, 0.717) is 5.56 Å². The van der Waals surface area contributed by atoms with Gasteiger partial charge in [-0.25, -0.2) is 9.38 Å². The lowest BCUT2D eigenvalue weighted by molar-refractivity contribution is 0.101. The van der Waals surface area contributed by atoms with E-state index in [1.807, 2.05) is 44.9 Å². The Morgan fingerprint density at radius 1 is 1.15 bits per heavy atom. The molecule has 0 amide bonds. The average molecular weight is 355 g/mol. The van der Waals surface area contributed by atoms with Gasteiger partial charge in [-0.05, 0) is 74.7 Å². The van der Waals surface area contributed by atoms with Crippen LogP contribution in [-0.4, -0.2) is 37.2 Å². The van der Waals surface area contributed by atoms with Gasteiger partial charge in [0.15, 0.2) is 5.78 Å². The fourth-order valence-electron chi connectivity index (χ4n) is 2.58. The van der Waals surface area contributed by atoms with Gasteiger partial charge in [0.1, 0.15) is 5.82 Å². The van der Waals surface area contributed by atoms with Crippen LogP contribution >= 0.6 is 0 Å². The highest BCUT2D eigenvalue weighted by atomic mass is 19.1. The molecule has 0 saturated heterocycles. The van der Waals surface area contributed by atoms with E-state index in [9.17, 15) is 9.18 Å². The Bertz CT molecular complexity index is 830. The number of nitrogens with zero attached hydrogens (tertiary/aromatic N) is 2. The summed E-state index contributed by atoms with van der Waals surface area (Å²) in [5, 5.41) is 3.09. The fraction of sp³-hybridized carbons (Fsp3) is 0.333. The van der Waals surface area contributed by atoms with Gasteiger partial charge in [-0.1, -0.05) is 0 Å².